The third-order valence-corrected chi connectivity index (χ3v) is 4.82. The van der Waals surface area contributed by atoms with Crippen LogP contribution in [0.2, 0.25) is 0 Å². The van der Waals surface area contributed by atoms with Crippen molar-refractivity contribution in [3.05, 3.63) is 35.4 Å². The average Bonchev–Trinajstić information content (AvgIpc) is 2.51. The van der Waals surface area contributed by atoms with Gasteiger partial charge >= 0.3 is 6.09 Å². The van der Waals surface area contributed by atoms with E-state index in [0.717, 1.165) is 32.5 Å². The monoisotopic (exact) mass is 328 g/mol. The lowest BCUT2D eigenvalue weighted by molar-refractivity contribution is 0.0158. The molecule has 0 radical (unpaired) electrons. The van der Waals surface area contributed by atoms with Gasteiger partial charge in [0.1, 0.15) is 5.60 Å². The SMILES string of the molecule is CN(C(=O)OC(C)(C)C)C1CCN(CC2=Cc3ccccc32)CC1. The molecule has 1 aromatic rings. The first-order chi connectivity index (χ1) is 11.3. The van der Waals surface area contributed by atoms with Crippen molar-refractivity contribution in [1.82, 2.24) is 9.80 Å². The number of hydrogen-bond acceptors (Lipinski definition) is 3. The smallest absolute Gasteiger partial charge is 0.410 e. The van der Waals surface area contributed by atoms with E-state index < -0.39 is 5.60 Å². The van der Waals surface area contributed by atoms with Crippen molar-refractivity contribution in [3.63, 3.8) is 0 Å². The van der Waals surface area contributed by atoms with Crippen LogP contribution in [0.1, 0.15) is 44.7 Å². The van der Waals surface area contributed by atoms with Gasteiger partial charge in [-0.2, -0.15) is 0 Å². The summed E-state index contributed by atoms with van der Waals surface area (Å²) in [6.45, 7) is 8.79. The number of carbonyl (C=O) groups excluding carboxylic acids is 1. The Hall–Kier alpha value is -1.81. The van der Waals surface area contributed by atoms with Gasteiger partial charge < -0.3 is 9.64 Å². The summed E-state index contributed by atoms with van der Waals surface area (Å²) in [4.78, 5) is 16.5. The van der Waals surface area contributed by atoms with E-state index in [2.05, 4.69) is 35.2 Å². The summed E-state index contributed by atoms with van der Waals surface area (Å²) in [6.07, 6.45) is 4.08. The number of rotatable bonds is 3. The number of benzene rings is 1. The number of likely N-dealkylation sites (tertiary alicyclic amines) is 1. The summed E-state index contributed by atoms with van der Waals surface area (Å²) in [5.74, 6) is 0. The van der Waals surface area contributed by atoms with Crippen molar-refractivity contribution in [2.45, 2.75) is 45.3 Å². The number of ether oxygens (including phenoxy) is 1. The van der Waals surface area contributed by atoms with Crippen LogP contribution in [0.25, 0.3) is 11.6 Å². The number of fused-ring (bicyclic) bond motifs is 1. The predicted molar refractivity (Wildman–Crippen MR) is 97.8 cm³/mol. The minimum atomic E-state index is -0.434. The fraction of sp³-hybridized carbons (Fsp3) is 0.550. The van der Waals surface area contributed by atoms with Gasteiger partial charge in [0, 0.05) is 32.7 Å². The Morgan fingerprint density at radius 3 is 2.54 bits per heavy atom. The van der Waals surface area contributed by atoms with Gasteiger partial charge in [0.25, 0.3) is 0 Å². The highest BCUT2D eigenvalue weighted by molar-refractivity contribution is 5.96. The molecule has 1 heterocycles. The van der Waals surface area contributed by atoms with Gasteiger partial charge in [-0.05, 0) is 56.4 Å². The summed E-state index contributed by atoms with van der Waals surface area (Å²) < 4.78 is 5.47. The molecule has 4 heteroatoms. The largest absolute Gasteiger partial charge is 0.444 e. The first-order valence-electron chi connectivity index (χ1n) is 8.81. The molecule has 130 valence electrons. The molecule has 1 saturated heterocycles. The summed E-state index contributed by atoms with van der Waals surface area (Å²) in [7, 11) is 1.86. The molecule has 0 unspecified atom stereocenters. The third kappa shape index (κ3) is 3.81. The topological polar surface area (TPSA) is 32.8 Å². The molecule has 0 atom stereocenters. The van der Waals surface area contributed by atoms with Crippen molar-refractivity contribution >= 4 is 17.7 Å². The Bertz CT molecular complexity index is 637. The van der Waals surface area contributed by atoms with Crippen LogP contribution in [0.3, 0.4) is 0 Å². The molecule has 0 spiro atoms. The molecule has 0 bridgehead atoms. The molecule has 0 saturated carbocycles. The van der Waals surface area contributed by atoms with Crippen LogP contribution in [-0.2, 0) is 4.74 Å². The van der Waals surface area contributed by atoms with Gasteiger partial charge in [-0.3, -0.25) is 4.90 Å². The second-order valence-electron chi connectivity index (χ2n) is 7.86. The highest BCUT2D eigenvalue weighted by atomic mass is 16.6. The molecule has 1 aliphatic carbocycles. The van der Waals surface area contributed by atoms with Crippen LogP contribution in [0, 0.1) is 0 Å². The lowest BCUT2D eigenvalue weighted by Gasteiger charge is -2.38. The Morgan fingerprint density at radius 1 is 1.25 bits per heavy atom. The Morgan fingerprint density at radius 2 is 1.92 bits per heavy atom. The Balaban J connectivity index is 1.47. The summed E-state index contributed by atoms with van der Waals surface area (Å²) in [5.41, 5.74) is 3.75. The van der Waals surface area contributed by atoms with E-state index in [1.165, 1.54) is 16.7 Å². The first kappa shape index (κ1) is 17.0. The average molecular weight is 328 g/mol. The lowest BCUT2D eigenvalue weighted by Crippen LogP contribution is -2.47. The van der Waals surface area contributed by atoms with E-state index in [1.54, 1.807) is 4.90 Å². The molecule has 1 fully saturated rings. The van der Waals surface area contributed by atoms with Crippen LogP contribution in [0.5, 0.6) is 0 Å². The normalized spacial score (nSPS) is 18.4. The van der Waals surface area contributed by atoms with E-state index in [9.17, 15) is 4.79 Å². The summed E-state index contributed by atoms with van der Waals surface area (Å²) >= 11 is 0. The first-order valence-corrected chi connectivity index (χ1v) is 8.81. The van der Waals surface area contributed by atoms with Crippen LogP contribution in [-0.4, -0.2) is 54.2 Å². The van der Waals surface area contributed by atoms with Crippen molar-refractivity contribution in [2.75, 3.05) is 26.7 Å². The maximum absolute atomic E-state index is 12.2. The maximum atomic E-state index is 12.2. The van der Waals surface area contributed by atoms with Crippen molar-refractivity contribution in [1.29, 1.82) is 0 Å². The van der Waals surface area contributed by atoms with E-state index in [-0.39, 0.29) is 12.1 Å². The zero-order valence-corrected chi connectivity index (χ0v) is 15.2. The zero-order valence-electron chi connectivity index (χ0n) is 15.2. The second-order valence-corrected chi connectivity index (χ2v) is 7.86. The molecule has 1 aromatic carbocycles. The number of amides is 1. The Labute approximate surface area is 145 Å². The quantitative estimate of drug-likeness (QED) is 0.844. The highest BCUT2D eigenvalue weighted by Crippen LogP contribution is 2.33. The summed E-state index contributed by atoms with van der Waals surface area (Å²) in [5, 5.41) is 0. The third-order valence-electron chi connectivity index (χ3n) is 4.82. The molecule has 1 aliphatic heterocycles. The Kier molecular flexibility index (Phi) is 4.68. The van der Waals surface area contributed by atoms with Gasteiger partial charge in [0.2, 0.25) is 0 Å². The molecular formula is C20H28N2O2. The van der Waals surface area contributed by atoms with Gasteiger partial charge in [0.15, 0.2) is 0 Å². The number of nitrogens with zero attached hydrogens (tertiary/aromatic N) is 2. The molecule has 0 N–H and O–H groups in total. The molecule has 1 amide bonds. The van der Waals surface area contributed by atoms with E-state index in [1.807, 2.05) is 27.8 Å². The van der Waals surface area contributed by atoms with Crippen molar-refractivity contribution < 1.29 is 9.53 Å². The van der Waals surface area contributed by atoms with E-state index in [4.69, 9.17) is 4.74 Å². The molecular weight excluding hydrogens is 300 g/mol. The second kappa shape index (κ2) is 6.60. The van der Waals surface area contributed by atoms with Gasteiger partial charge in [0.05, 0.1) is 0 Å². The standard InChI is InChI=1S/C20H28N2O2/c1-20(2,3)24-19(23)21(4)17-9-11-22(12-10-17)14-16-13-15-7-5-6-8-18(15)16/h5-8,13,17H,9-12,14H2,1-4H3. The van der Waals surface area contributed by atoms with Crippen molar-refractivity contribution in [2.24, 2.45) is 0 Å². The number of carbonyl (C=O) groups is 1. The highest BCUT2D eigenvalue weighted by Gasteiger charge is 2.29. The van der Waals surface area contributed by atoms with Crippen LogP contribution >= 0.6 is 0 Å². The molecule has 2 aliphatic rings. The predicted octanol–water partition coefficient (Wildman–Crippen LogP) is 3.87. The number of piperidine rings is 1. The van der Waals surface area contributed by atoms with Crippen LogP contribution in [0.4, 0.5) is 4.79 Å². The minimum Gasteiger partial charge on any atom is -0.444 e. The molecule has 24 heavy (non-hydrogen) atoms. The van der Waals surface area contributed by atoms with Crippen LogP contribution < -0.4 is 0 Å². The number of hydrogen-bond donors (Lipinski definition) is 0. The van der Waals surface area contributed by atoms with Gasteiger partial charge in [-0.1, -0.05) is 24.3 Å². The zero-order chi connectivity index (χ0) is 17.3. The minimum absolute atomic E-state index is 0.212. The molecule has 0 aromatic heterocycles. The lowest BCUT2D eigenvalue weighted by atomic mass is 9.88. The van der Waals surface area contributed by atoms with Gasteiger partial charge in [-0.15, -0.1) is 0 Å². The maximum Gasteiger partial charge on any atom is 0.410 e. The van der Waals surface area contributed by atoms with Crippen LogP contribution in [0.15, 0.2) is 24.3 Å². The van der Waals surface area contributed by atoms with E-state index >= 15 is 0 Å². The molecule has 4 nitrogen and oxygen atoms in total. The van der Waals surface area contributed by atoms with Gasteiger partial charge in [-0.25, -0.2) is 4.79 Å². The van der Waals surface area contributed by atoms with E-state index in [0.29, 0.717) is 0 Å². The fourth-order valence-electron chi connectivity index (χ4n) is 3.42. The molecule has 3 rings (SSSR count). The summed E-state index contributed by atoms with van der Waals surface area (Å²) in [6, 6.07) is 8.84. The fourth-order valence-corrected chi connectivity index (χ4v) is 3.42. The van der Waals surface area contributed by atoms with Crippen molar-refractivity contribution in [3.8, 4) is 0 Å².